The van der Waals surface area contributed by atoms with Crippen LogP contribution in [0.4, 0.5) is 5.69 Å². The van der Waals surface area contributed by atoms with Crippen LogP contribution >= 0.6 is 0 Å². The van der Waals surface area contributed by atoms with E-state index in [2.05, 4.69) is 0 Å². The van der Waals surface area contributed by atoms with Gasteiger partial charge in [0.05, 0.1) is 0 Å². The average Bonchev–Trinajstić information content (AvgIpc) is 1.85. The molecule has 1 rings (SSSR count). The number of nitrogens with two attached hydrogens (primary N) is 1. The van der Waals surface area contributed by atoms with E-state index >= 15 is 0 Å². The second-order valence-corrected chi connectivity index (χ2v) is 3.90. The fourth-order valence-corrected chi connectivity index (χ4v) is 1.57. The first-order chi connectivity index (χ1) is 5.18. The minimum atomic E-state index is -0.780. The van der Waals surface area contributed by atoms with E-state index in [0.29, 0.717) is 5.75 Å². The third-order valence-corrected chi connectivity index (χ3v) is 2.06. The number of hydrogen-bond donors (Lipinski definition) is 1. The third kappa shape index (κ3) is 2.72. The Bertz CT molecular complexity index is 273. The molecular formula is C8H11NOS. The average molecular weight is 169 g/mol. The fourth-order valence-electron chi connectivity index (χ4n) is 0.918. The predicted molar refractivity (Wildman–Crippen MR) is 48.6 cm³/mol. The summed E-state index contributed by atoms with van der Waals surface area (Å²) in [6.07, 6.45) is 1.68. The first-order valence-electron chi connectivity index (χ1n) is 3.33. The Morgan fingerprint density at radius 1 is 1.55 bits per heavy atom. The van der Waals surface area contributed by atoms with Crippen LogP contribution in [0, 0.1) is 0 Å². The first-order valence-corrected chi connectivity index (χ1v) is 5.05. The van der Waals surface area contributed by atoms with Crippen molar-refractivity contribution in [2.45, 2.75) is 5.75 Å². The van der Waals surface area contributed by atoms with Crippen LogP contribution < -0.4 is 5.73 Å². The molecule has 1 atom stereocenters. The highest BCUT2D eigenvalue weighted by molar-refractivity contribution is 7.83. The smallest absolute Gasteiger partial charge is 0.0483 e. The molecule has 0 spiro atoms. The van der Waals surface area contributed by atoms with Gasteiger partial charge in [-0.05, 0) is 17.7 Å². The van der Waals surface area contributed by atoms with Crippen molar-refractivity contribution in [2.75, 3.05) is 12.0 Å². The Morgan fingerprint density at radius 2 is 2.27 bits per heavy atom. The molecule has 3 heteroatoms. The van der Waals surface area contributed by atoms with E-state index < -0.39 is 10.8 Å². The topological polar surface area (TPSA) is 43.1 Å². The molecule has 2 N–H and O–H groups in total. The predicted octanol–water partition coefficient (Wildman–Crippen LogP) is 1.15. The van der Waals surface area contributed by atoms with Gasteiger partial charge in [0.15, 0.2) is 0 Å². The lowest BCUT2D eigenvalue weighted by Gasteiger charge is -1.98. The maximum absolute atomic E-state index is 10.8. The largest absolute Gasteiger partial charge is 0.399 e. The summed E-state index contributed by atoms with van der Waals surface area (Å²) < 4.78 is 10.8. The van der Waals surface area contributed by atoms with Crippen molar-refractivity contribution >= 4 is 16.5 Å². The van der Waals surface area contributed by atoms with E-state index in [4.69, 9.17) is 5.73 Å². The van der Waals surface area contributed by atoms with E-state index in [1.165, 1.54) is 0 Å². The van der Waals surface area contributed by atoms with Gasteiger partial charge in [-0.25, -0.2) is 0 Å². The number of rotatable bonds is 2. The molecule has 0 aliphatic carbocycles. The molecule has 0 amide bonds. The van der Waals surface area contributed by atoms with Crippen LogP contribution in [-0.2, 0) is 16.6 Å². The minimum absolute atomic E-state index is 0.588. The van der Waals surface area contributed by atoms with Crippen LogP contribution in [-0.4, -0.2) is 10.5 Å². The van der Waals surface area contributed by atoms with Gasteiger partial charge < -0.3 is 5.73 Å². The zero-order chi connectivity index (χ0) is 8.27. The highest BCUT2D eigenvalue weighted by Crippen LogP contribution is 2.07. The molecule has 0 aliphatic rings. The van der Waals surface area contributed by atoms with Crippen LogP contribution in [0.3, 0.4) is 0 Å². The minimum Gasteiger partial charge on any atom is -0.399 e. The molecular weight excluding hydrogens is 158 g/mol. The molecule has 0 fully saturated rings. The maximum Gasteiger partial charge on any atom is 0.0483 e. The molecule has 0 aromatic heterocycles. The van der Waals surface area contributed by atoms with Crippen LogP contribution in [0.2, 0.25) is 0 Å². The lowest BCUT2D eigenvalue weighted by molar-refractivity contribution is 0.686. The molecule has 1 aromatic carbocycles. The monoisotopic (exact) mass is 169 g/mol. The van der Waals surface area contributed by atoms with Crippen LogP contribution in [0.25, 0.3) is 0 Å². The van der Waals surface area contributed by atoms with Gasteiger partial charge in [-0.15, -0.1) is 0 Å². The van der Waals surface area contributed by atoms with Crippen molar-refractivity contribution < 1.29 is 4.21 Å². The van der Waals surface area contributed by atoms with Crippen molar-refractivity contribution in [3.8, 4) is 0 Å². The van der Waals surface area contributed by atoms with Gasteiger partial charge >= 0.3 is 0 Å². The number of anilines is 1. The van der Waals surface area contributed by atoms with E-state index in [9.17, 15) is 4.21 Å². The zero-order valence-electron chi connectivity index (χ0n) is 6.41. The number of hydrogen-bond acceptors (Lipinski definition) is 2. The third-order valence-electron chi connectivity index (χ3n) is 1.32. The summed E-state index contributed by atoms with van der Waals surface area (Å²) in [4.78, 5) is 0. The van der Waals surface area contributed by atoms with E-state index in [-0.39, 0.29) is 0 Å². The summed E-state index contributed by atoms with van der Waals surface area (Å²) in [6.45, 7) is 0. The van der Waals surface area contributed by atoms with E-state index in [0.717, 1.165) is 11.3 Å². The molecule has 0 saturated carbocycles. The standard InChI is InChI=1S/C8H11NOS/c1-11(10)6-7-3-2-4-8(9)5-7/h2-5H,6,9H2,1H3/t11-/m0/s1. The molecule has 0 unspecified atom stereocenters. The van der Waals surface area contributed by atoms with Crippen LogP contribution in [0.1, 0.15) is 5.56 Å². The van der Waals surface area contributed by atoms with E-state index in [1.54, 1.807) is 6.26 Å². The summed E-state index contributed by atoms with van der Waals surface area (Å²) in [7, 11) is -0.780. The normalized spacial score (nSPS) is 12.8. The summed E-state index contributed by atoms with van der Waals surface area (Å²) in [6, 6.07) is 7.47. The maximum atomic E-state index is 10.8. The van der Waals surface area contributed by atoms with Crippen LogP contribution in [0.15, 0.2) is 24.3 Å². The van der Waals surface area contributed by atoms with Crippen molar-refractivity contribution in [1.29, 1.82) is 0 Å². The lowest BCUT2D eigenvalue weighted by atomic mass is 10.2. The van der Waals surface area contributed by atoms with Gasteiger partial charge in [0.25, 0.3) is 0 Å². The molecule has 0 bridgehead atoms. The van der Waals surface area contributed by atoms with Gasteiger partial charge in [-0.2, -0.15) is 0 Å². The van der Waals surface area contributed by atoms with Gasteiger partial charge in [-0.3, -0.25) is 4.21 Å². The molecule has 60 valence electrons. The highest BCUT2D eigenvalue weighted by atomic mass is 32.2. The summed E-state index contributed by atoms with van der Waals surface area (Å²) >= 11 is 0. The molecule has 1 aromatic rings. The lowest BCUT2D eigenvalue weighted by Crippen LogP contribution is -1.93. The quantitative estimate of drug-likeness (QED) is 0.675. The molecule has 2 nitrogen and oxygen atoms in total. The second kappa shape index (κ2) is 3.53. The Hall–Kier alpha value is -0.830. The van der Waals surface area contributed by atoms with Crippen molar-refractivity contribution in [2.24, 2.45) is 0 Å². The Morgan fingerprint density at radius 3 is 2.82 bits per heavy atom. The first kappa shape index (κ1) is 8.27. The van der Waals surface area contributed by atoms with Crippen molar-refractivity contribution in [3.63, 3.8) is 0 Å². The molecule has 0 heterocycles. The van der Waals surface area contributed by atoms with Gasteiger partial charge in [-0.1, -0.05) is 12.1 Å². The molecule has 0 saturated heterocycles. The molecule has 11 heavy (non-hydrogen) atoms. The summed E-state index contributed by atoms with van der Waals surface area (Å²) in [5.74, 6) is 0.588. The van der Waals surface area contributed by atoms with Crippen LogP contribution in [0.5, 0.6) is 0 Å². The molecule has 0 aliphatic heterocycles. The zero-order valence-corrected chi connectivity index (χ0v) is 7.23. The second-order valence-electron chi connectivity index (χ2n) is 2.46. The van der Waals surface area contributed by atoms with Gasteiger partial charge in [0.1, 0.15) is 0 Å². The molecule has 0 radical (unpaired) electrons. The number of benzene rings is 1. The summed E-state index contributed by atoms with van der Waals surface area (Å²) in [5, 5.41) is 0. The van der Waals surface area contributed by atoms with Crippen molar-refractivity contribution in [3.05, 3.63) is 29.8 Å². The Labute approximate surface area is 68.9 Å². The van der Waals surface area contributed by atoms with Gasteiger partial charge in [0, 0.05) is 28.5 Å². The number of nitrogen functional groups attached to an aromatic ring is 1. The Kier molecular flexibility index (Phi) is 2.65. The Balaban J connectivity index is 2.79. The highest BCUT2D eigenvalue weighted by Gasteiger charge is 1.94. The van der Waals surface area contributed by atoms with Gasteiger partial charge in [0.2, 0.25) is 0 Å². The van der Waals surface area contributed by atoms with E-state index in [1.807, 2.05) is 24.3 Å². The fraction of sp³-hybridized carbons (Fsp3) is 0.250. The SMILES string of the molecule is C[S@](=O)Cc1cccc(N)c1. The summed E-state index contributed by atoms with van der Waals surface area (Å²) in [5.41, 5.74) is 7.30. The van der Waals surface area contributed by atoms with Crippen molar-refractivity contribution in [1.82, 2.24) is 0 Å².